The number of nitrogens with two attached hydrogens (primary N) is 1. The molecule has 2 N–H and O–H groups in total. The van der Waals surface area contributed by atoms with E-state index < -0.39 is 0 Å². The van der Waals surface area contributed by atoms with Crippen LogP contribution in [0.15, 0.2) is 71.9 Å². The standard InChI is InChI=1S/C20H18N4S/c1-14-6-4-9-16(12-14)19-22-23-20(24(19)21)25-13-17-10-5-8-15-7-2-3-11-18(15)17/h2-12H,13,21H2,1H3. The van der Waals surface area contributed by atoms with E-state index in [9.17, 15) is 0 Å². The molecule has 0 radical (unpaired) electrons. The van der Waals surface area contributed by atoms with Crippen molar-refractivity contribution >= 4 is 22.5 Å². The first-order chi connectivity index (χ1) is 12.2. The van der Waals surface area contributed by atoms with E-state index in [0.717, 1.165) is 11.3 Å². The summed E-state index contributed by atoms with van der Waals surface area (Å²) in [7, 11) is 0. The van der Waals surface area contributed by atoms with Gasteiger partial charge in [0.1, 0.15) is 0 Å². The average Bonchev–Trinajstić information content (AvgIpc) is 3.00. The highest BCUT2D eigenvalue weighted by molar-refractivity contribution is 7.98. The van der Waals surface area contributed by atoms with Gasteiger partial charge < -0.3 is 5.84 Å². The van der Waals surface area contributed by atoms with Gasteiger partial charge in [0, 0.05) is 11.3 Å². The van der Waals surface area contributed by atoms with Crippen molar-refractivity contribution in [2.45, 2.75) is 17.8 Å². The predicted molar refractivity (Wildman–Crippen MR) is 104 cm³/mol. The Morgan fingerprint density at radius 3 is 2.64 bits per heavy atom. The van der Waals surface area contributed by atoms with Gasteiger partial charge >= 0.3 is 0 Å². The molecule has 0 aliphatic carbocycles. The highest BCUT2D eigenvalue weighted by Gasteiger charge is 2.13. The zero-order valence-electron chi connectivity index (χ0n) is 13.9. The third-order valence-electron chi connectivity index (χ3n) is 4.18. The molecule has 0 amide bonds. The van der Waals surface area contributed by atoms with Crippen molar-refractivity contribution in [1.29, 1.82) is 0 Å². The molecule has 5 heteroatoms. The lowest BCUT2D eigenvalue weighted by Crippen LogP contribution is -2.11. The molecule has 0 fully saturated rings. The Bertz CT molecular complexity index is 1030. The molecule has 4 aromatic rings. The Kier molecular flexibility index (Phi) is 4.15. The van der Waals surface area contributed by atoms with Crippen molar-refractivity contribution in [2.24, 2.45) is 0 Å². The van der Waals surface area contributed by atoms with Gasteiger partial charge in [0.05, 0.1) is 0 Å². The third kappa shape index (κ3) is 3.10. The number of rotatable bonds is 4. The summed E-state index contributed by atoms with van der Waals surface area (Å²) in [5, 5.41) is 11.8. The van der Waals surface area contributed by atoms with Gasteiger partial charge in [-0.15, -0.1) is 10.2 Å². The number of fused-ring (bicyclic) bond motifs is 1. The third-order valence-corrected chi connectivity index (χ3v) is 5.17. The second-order valence-corrected chi connectivity index (χ2v) is 6.92. The normalized spacial score (nSPS) is 11.1. The van der Waals surface area contributed by atoms with Crippen molar-refractivity contribution in [3.8, 4) is 11.4 Å². The highest BCUT2D eigenvalue weighted by Crippen LogP contribution is 2.28. The Balaban J connectivity index is 1.60. The van der Waals surface area contributed by atoms with Crippen molar-refractivity contribution in [1.82, 2.24) is 14.9 Å². The zero-order chi connectivity index (χ0) is 17.2. The van der Waals surface area contributed by atoms with Crippen LogP contribution >= 0.6 is 11.8 Å². The predicted octanol–water partition coefficient (Wildman–Crippen LogP) is 4.41. The lowest BCUT2D eigenvalue weighted by Gasteiger charge is -2.07. The minimum absolute atomic E-state index is 0.684. The molecule has 124 valence electrons. The number of nitrogens with zero attached hydrogens (tertiary/aromatic N) is 3. The molecule has 1 aromatic heterocycles. The van der Waals surface area contributed by atoms with Gasteiger partial charge in [0.15, 0.2) is 5.82 Å². The molecule has 0 unspecified atom stereocenters. The molecule has 1 heterocycles. The minimum atomic E-state index is 0.684. The largest absolute Gasteiger partial charge is 0.335 e. The van der Waals surface area contributed by atoms with Crippen molar-refractivity contribution in [3.63, 3.8) is 0 Å². The lowest BCUT2D eigenvalue weighted by atomic mass is 10.1. The number of benzene rings is 3. The molecule has 0 aliphatic rings. The maximum Gasteiger partial charge on any atom is 0.210 e. The summed E-state index contributed by atoms with van der Waals surface area (Å²) in [4.78, 5) is 0. The lowest BCUT2D eigenvalue weighted by molar-refractivity contribution is 0.849. The number of hydrogen-bond acceptors (Lipinski definition) is 4. The monoisotopic (exact) mass is 346 g/mol. The molecule has 0 saturated carbocycles. The number of nitrogen functional groups attached to an aromatic ring is 1. The van der Waals surface area contributed by atoms with Crippen LogP contribution in [-0.2, 0) is 5.75 Å². The number of thioether (sulfide) groups is 1. The van der Waals surface area contributed by atoms with Crippen LogP contribution in [0.4, 0.5) is 0 Å². The molecular formula is C20H18N4S. The summed E-state index contributed by atoms with van der Waals surface area (Å²) in [6.45, 7) is 2.05. The quantitative estimate of drug-likeness (QED) is 0.439. The first-order valence-electron chi connectivity index (χ1n) is 8.09. The summed E-state index contributed by atoms with van der Waals surface area (Å²) in [5.74, 6) is 7.71. The summed E-state index contributed by atoms with van der Waals surface area (Å²) in [6, 6.07) is 22.9. The topological polar surface area (TPSA) is 56.7 Å². The van der Waals surface area contributed by atoms with Gasteiger partial charge in [0.2, 0.25) is 5.16 Å². The van der Waals surface area contributed by atoms with E-state index in [0.29, 0.717) is 11.0 Å². The summed E-state index contributed by atoms with van der Waals surface area (Å²) >= 11 is 1.60. The molecule has 3 aromatic carbocycles. The molecule has 0 atom stereocenters. The first-order valence-corrected chi connectivity index (χ1v) is 9.08. The Labute approximate surface area is 150 Å². The fraction of sp³-hybridized carbons (Fsp3) is 0.100. The second kappa shape index (κ2) is 6.61. The van der Waals surface area contributed by atoms with Crippen LogP contribution < -0.4 is 5.84 Å². The van der Waals surface area contributed by atoms with Gasteiger partial charge in [0.25, 0.3) is 0 Å². The zero-order valence-corrected chi connectivity index (χ0v) is 14.7. The van der Waals surface area contributed by atoms with Crippen molar-refractivity contribution in [2.75, 3.05) is 5.84 Å². The number of aryl methyl sites for hydroxylation is 1. The first kappa shape index (κ1) is 15.7. The van der Waals surface area contributed by atoms with Gasteiger partial charge in [-0.25, -0.2) is 4.68 Å². The molecule has 4 nitrogen and oxygen atoms in total. The van der Waals surface area contributed by atoms with Crippen LogP contribution in [0.5, 0.6) is 0 Å². The van der Waals surface area contributed by atoms with Gasteiger partial charge in [-0.3, -0.25) is 0 Å². The van der Waals surface area contributed by atoms with E-state index in [1.165, 1.54) is 21.9 Å². The SMILES string of the molecule is Cc1cccc(-c2nnc(SCc3cccc4ccccc34)n2N)c1. The van der Waals surface area contributed by atoms with E-state index in [-0.39, 0.29) is 0 Å². The Morgan fingerprint density at radius 2 is 1.76 bits per heavy atom. The minimum Gasteiger partial charge on any atom is -0.335 e. The Morgan fingerprint density at radius 1 is 0.960 bits per heavy atom. The van der Waals surface area contributed by atoms with Crippen LogP contribution in [0.3, 0.4) is 0 Å². The van der Waals surface area contributed by atoms with Crippen LogP contribution in [0.1, 0.15) is 11.1 Å². The van der Waals surface area contributed by atoms with E-state index in [1.54, 1.807) is 16.4 Å². The van der Waals surface area contributed by atoms with Crippen LogP contribution in [0.25, 0.3) is 22.2 Å². The van der Waals surface area contributed by atoms with Crippen molar-refractivity contribution in [3.05, 3.63) is 77.9 Å². The molecule has 0 aliphatic heterocycles. The molecule has 25 heavy (non-hydrogen) atoms. The molecule has 0 spiro atoms. The van der Waals surface area contributed by atoms with Crippen LogP contribution in [-0.4, -0.2) is 14.9 Å². The van der Waals surface area contributed by atoms with Crippen LogP contribution in [0.2, 0.25) is 0 Å². The highest BCUT2D eigenvalue weighted by atomic mass is 32.2. The van der Waals surface area contributed by atoms with Gasteiger partial charge in [-0.1, -0.05) is 78.0 Å². The van der Waals surface area contributed by atoms with Crippen molar-refractivity contribution < 1.29 is 0 Å². The summed E-state index contributed by atoms with van der Waals surface area (Å²) in [5.41, 5.74) is 3.42. The molecule has 0 saturated heterocycles. The van der Waals surface area contributed by atoms with E-state index >= 15 is 0 Å². The fourth-order valence-corrected chi connectivity index (χ4v) is 3.78. The molecular weight excluding hydrogens is 328 g/mol. The number of hydrogen-bond donors (Lipinski definition) is 1. The van der Waals surface area contributed by atoms with Gasteiger partial charge in [-0.05, 0) is 29.3 Å². The maximum atomic E-state index is 6.23. The van der Waals surface area contributed by atoms with E-state index in [1.807, 2.05) is 12.1 Å². The van der Waals surface area contributed by atoms with Crippen LogP contribution in [0, 0.1) is 6.92 Å². The smallest absolute Gasteiger partial charge is 0.210 e. The maximum absolute atomic E-state index is 6.23. The average molecular weight is 346 g/mol. The summed E-state index contributed by atoms with van der Waals surface area (Å²) in [6.07, 6.45) is 0. The fourth-order valence-electron chi connectivity index (χ4n) is 2.92. The Hall–Kier alpha value is -2.79. The molecule has 0 bridgehead atoms. The molecule has 4 rings (SSSR count). The van der Waals surface area contributed by atoms with E-state index in [4.69, 9.17) is 5.84 Å². The van der Waals surface area contributed by atoms with Gasteiger partial charge in [-0.2, -0.15) is 0 Å². The summed E-state index contributed by atoms with van der Waals surface area (Å²) < 4.78 is 1.57. The second-order valence-electron chi connectivity index (χ2n) is 5.97. The number of aromatic nitrogens is 3. The van der Waals surface area contributed by atoms with E-state index in [2.05, 4.69) is 71.7 Å².